The van der Waals surface area contributed by atoms with Gasteiger partial charge in [0.2, 0.25) is 0 Å². The summed E-state index contributed by atoms with van der Waals surface area (Å²) in [5.74, 6) is -0.151. The van der Waals surface area contributed by atoms with Gasteiger partial charge in [0.25, 0.3) is 0 Å². The van der Waals surface area contributed by atoms with E-state index >= 15 is 0 Å². The summed E-state index contributed by atoms with van der Waals surface area (Å²) in [4.78, 5) is 11.9. The topological polar surface area (TPSA) is 64.3 Å². The van der Waals surface area contributed by atoms with Crippen LogP contribution in [0.15, 0.2) is 0 Å². The summed E-state index contributed by atoms with van der Waals surface area (Å²) in [6.45, 7) is 2.94. The van der Waals surface area contributed by atoms with Crippen molar-refractivity contribution in [2.75, 3.05) is 13.2 Å². The lowest BCUT2D eigenvalue weighted by atomic mass is 10.1. The van der Waals surface area contributed by atoms with Crippen LogP contribution in [0, 0.1) is 0 Å². The molecule has 0 heterocycles. The first kappa shape index (κ1) is 19.2. The lowest BCUT2D eigenvalue weighted by molar-refractivity contribution is -0.143. The van der Waals surface area contributed by atoms with Gasteiger partial charge in [-0.05, 0) is 6.42 Å². The molecule has 0 amide bonds. The van der Waals surface area contributed by atoms with E-state index < -0.39 is 0 Å². The van der Waals surface area contributed by atoms with Crippen molar-refractivity contribution >= 4 is 40.4 Å². The zero-order valence-electron chi connectivity index (χ0n) is 12.3. The first-order chi connectivity index (χ1) is 9.57. The van der Waals surface area contributed by atoms with Crippen LogP contribution in [-0.4, -0.2) is 29.1 Å². The summed E-state index contributed by atoms with van der Waals surface area (Å²) in [5.41, 5.74) is 5.32. The van der Waals surface area contributed by atoms with Crippen molar-refractivity contribution in [3.05, 3.63) is 0 Å². The Balaban J connectivity index is 3.33. The Morgan fingerprint density at radius 3 is 2.30 bits per heavy atom. The third-order valence-electron chi connectivity index (χ3n) is 2.86. The summed E-state index contributed by atoms with van der Waals surface area (Å²) >= 11 is 9.56. The molecule has 0 atom stereocenters. The average molecular weight is 319 g/mol. The normalized spacial score (nSPS) is 10.1. The molecule has 0 saturated carbocycles. The highest BCUT2D eigenvalue weighted by Gasteiger charge is 2.03. The second kappa shape index (κ2) is 13.2. The van der Waals surface area contributed by atoms with Crippen molar-refractivity contribution in [3.63, 3.8) is 0 Å². The summed E-state index contributed by atoms with van der Waals surface area (Å²) in [7, 11) is 0. The van der Waals surface area contributed by atoms with E-state index in [0.29, 0.717) is 18.0 Å². The minimum absolute atomic E-state index is 0.151. The van der Waals surface area contributed by atoms with Gasteiger partial charge in [0, 0.05) is 13.0 Å². The van der Waals surface area contributed by atoms with Crippen LogP contribution in [0.4, 0.5) is 0 Å². The van der Waals surface area contributed by atoms with E-state index in [-0.39, 0.29) is 17.6 Å². The molecule has 0 spiro atoms. The Morgan fingerprint density at radius 1 is 1.10 bits per heavy atom. The van der Waals surface area contributed by atoms with E-state index in [4.69, 9.17) is 34.9 Å². The fraction of sp³-hybridized carbons (Fsp3) is 0.786. The van der Waals surface area contributed by atoms with E-state index in [9.17, 15) is 4.79 Å². The Bertz CT molecular complexity index is 310. The number of thiocarbonyl (C=S) groups is 2. The highest BCUT2D eigenvalue weighted by Crippen LogP contribution is 2.08. The van der Waals surface area contributed by atoms with Crippen molar-refractivity contribution in [2.24, 2.45) is 5.73 Å². The average Bonchev–Trinajstić information content (AvgIpc) is 2.42. The Labute approximate surface area is 132 Å². The third kappa shape index (κ3) is 12.3. The molecule has 0 unspecified atom stereocenters. The molecule has 0 aliphatic heterocycles. The highest BCUT2D eigenvalue weighted by atomic mass is 32.1. The van der Waals surface area contributed by atoms with Gasteiger partial charge in [-0.25, -0.2) is 0 Å². The number of nitrogens with one attached hydrogen (secondary N) is 1. The Kier molecular flexibility index (Phi) is 12.7. The number of esters is 1. The lowest BCUT2D eigenvalue weighted by Crippen LogP contribution is -2.35. The Hall–Kier alpha value is -0.750. The number of nitrogens with two attached hydrogens (primary N) is 1. The van der Waals surface area contributed by atoms with Crippen LogP contribution in [0.1, 0.15) is 58.3 Å². The predicted molar refractivity (Wildman–Crippen MR) is 91.0 cm³/mol. The molecule has 116 valence electrons. The van der Waals surface area contributed by atoms with Gasteiger partial charge in [-0.1, -0.05) is 69.9 Å². The standard InChI is InChI=1S/C14H26N2O2S2/c1-2-3-4-5-6-7-8-9-12(17)18-11-10-16-14(20)13(15)19/h2-11H2,1H3,(H2,15,19)(H,16,20). The predicted octanol–water partition coefficient (Wildman–Crippen LogP) is 2.87. The molecule has 0 rings (SSSR count). The maximum absolute atomic E-state index is 11.4. The van der Waals surface area contributed by atoms with Crippen molar-refractivity contribution < 1.29 is 9.53 Å². The van der Waals surface area contributed by atoms with Crippen molar-refractivity contribution in [1.82, 2.24) is 5.32 Å². The SMILES string of the molecule is CCCCCCCCCC(=O)OCCNC(=S)C(N)=S. The zero-order chi connectivity index (χ0) is 15.2. The fourth-order valence-corrected chi connectivity index (χ4v) is 1.89. The van der Waals surface area contributed by atoms with Crippen LogP contribution in [0.25, 0.3) is 0 Å². The number of carbonyl (C=O) groups excluding carboxylic acids is 1. The van der Waals surface area contributed by atoms with E-state index in [0.717, 1.165) is 12.8 Å². The minimum atomic E-state index is -0.151. The van der Waals surface area contributed by atoms with Gasteiger partial charge < -0.3 is 15.8 Å². The van der Waals surface area contributed by atoms with Gasteiger partial charge in [0.15, 0.2) is 0 Å². The molecule has 0 aliphatic rings. The molecule has 0 aromatic carbocycles. The van der Waals surface area contributed by atoms with Gasteiger partial charge >= 0.3 is 5.97 Å². The van der Waals surface area contributed by atoms with Crippen LogP contribution in [0.5, 0.6) is 0 Å². The minimum Gasteiger partial charge on any atom is -0.464 e. The van der Waals surface area contributed by atoms with Gasteiger partial charge in [0.1, 0.15) is 16.6 Å². The van der Waals surface area contributed by atoms with Crippen LogP contribution in [0.3, 0.4) is 0 Å². The molecule has 6 heteroatoms. The second-order valence-electron chi connectivity index (χ2n) is 4.71. The monoisotopic (exact) mass is 318 g/mol. The fourth-order valence-electron chi connectivity index (χ4n) is 1.72. The number of ether oxygens (including phenoxy) is 1. The molecule has 3 N–H and O–H groups in total. The first-order valence-corrected chi connectivity index (χ1v) is 8.12. The largest absolute Gasteiger partial charge is 0.464 e. The van der Waals surface area contributed by atoms with E-state index in [1.807, 2.05) is 0 Å². The lowest BCUT2D eigenvalue weighted by Gasteiger charge is -2.07. The van der Waals surface area contributed by atoms with Crippen LogP contribution >= 0.6 is 24.4 Å². The molecule has 0 saturated heterocycles. The second-order valence-corrected chi connectivity index (χ2v) is 5.56. The molecule has 0 aromatic heterocycles. The van der Waals surface area contributed by atoms with Gasteiger partial charge in [-0.3, -0.25) is 4.79 Å². The maximum Gasteiger partial charge on any atom is 0.305 e. The van der Waals surface area contributed by atoms with Gasteiger partial charge in [-0.2, -0.15) is 0 Å². The van der Waals surface area contributed by atoms with Crippen molar-refractivity contribution in [2.45, 2.75) is 58.3 Å². The van der Waals surface area contributed by atoms with E-state index in [1.54, 1.807) is 0 Å². The van der Waals surface area contributed by atoms with E-state index in [1.165, 1.54) is 32.1 Å². The smallest absolute Gasteiger partial charge is 0.305 e. The quantitative estimate of drug-likeness (QED) is 0.347. The van der Waals surface area contributed by atoms with Crippen LogP contribution < -0.4 is 11.1 Å². The van der Waals surface area contributed by atoms with Gasteiger partial charge in [-0.15, -0.1) is 0 Å². The van der Waals surface area contributed by atoms with Crippen molar-refractivity contribution in [1.29, 1.82) is 0 Å². The summed E-state index contributed by atoms with van der Waals surface area (Å²) in [6, 6.07) is 0. The summed E-state index contributed by atoms with van der Waals surface area (Å²) in [5, 5.41) is 2.82. The number of unbranched alkanes of at least 4 members (excludes halogenated alkanes) is 6. The third-order valence-corrected chi connectivity index (χ3v) is 3.56. The molecule has 4 nitrogen and oxygen atoms in total. The van der Waals surface area contributed by atoms with Crippen LogP contribution in [0.2, 0.25) is 0 Å². The molecule has 0 fully saturated rings. The summed E-state index contributed by atoms with van der Waals surface area (Å²) in [6.07, 6.45) is 8.84. The number of hydrogen-bond donors (Lipinski definition) is 2. The molecule has 20 heavy (non-hydrogen) atoms. The van der Waals surface area contributed by atoms with Crippen LogP contribution in [-0.2, 0) is 9.53 Å². The highest BCUT2D eigenvalue weighted by molar-refractivity contribution is 7.89. The summed E-state index contributed by atoms with van der Waals surface area (Å²) < 4.78 is 5.07. The molecular weight excluding hydrogens is 292 g/mol. The van der Waals surface area contributed by atoms with E-state index in [2.05, 4.69) is 12.2 Å². The van der Waals surface area contributed by atoms with Gasteiger partial charge in [0.05, 0.1) is 0 Å². The maximum atomic E-state index is 11.4. The molecule has 0 aromatic rings. The molecule has 0 radical (unpaired) electrons. The number of rotatable bonds is 11. The Morgan fingerprint density at radius 2 is 1.70 bits per heavy atom. The molecular formula is C14H26N2O2S2. The van der Waals surface area contributed by atoms with Crippen molar-refractivity contribution in [3.8, 4) is 0 Å². The first-order valence-electron chi connectivity index (χ1n) is 7.31. The zero-order valence-corrected chi connectivity index (χ0v) is 13.9. The molecule has 0 bridgehead atoms. The number of carbonyl (C=O) groups is 1. The molecule has 0 aliphatic carbocycles. The number of hydrogen-bond acceptors (Lipinski definition) is 4.